The van der Waals surface area contributed by atoms with Gasteiger partial charge >= 0.3 is 0 Å². The van der Waals surface area contributed by atoms with Gasteiger partial charge in [-0.3, -0.25) is 4.68 Å². The average Bonchev–Trinajstić information content (AvgIpc) is 2.92. The van der Waals surface area contributed by atoms with Crippen LogP contribution in [0.15, 0.2) is 17.7 Å². The molecule has 146 valence electrons. The van der Waals surface area contributed by atoms with Gasteiger partial charge in [0.1, 0.15) is 0 Å². The summed E-state index contributed by atoms with van der Waals surface area (Å²) < 4.78 is 7.84. The third-order valence-corrected chi connectivity index (χ3v) is 6.37. The zero-order valence-electron chi connectivity index (χ0n) is 16.8. The Hall–Kier alpha value is -1.17. The fourth-order valence-corrected chi connectivity index (χ4v) is 4.54. The summed E-state index contributed by atoms with van der Waals surface area (Å²) >= 11 is 0. The molecule has 3 atom stereocenters. The minimum atomic E-state index is -0.449. The molecule has 0 aliphatic heterocycles. The van der Waals surface area contributed by atoms with Crippen LogP contribution in [-0.4, -0.2) is 47.3 Å². The van der Waals surface area contributed by atoms with Gasteiger partial charge in [-0.15, -0.1) is 0 Å². The van der Waals surface area contributed by atoms with Crippen LogP contribution in [0.5, 0.6) is 0 Å². The average molecular weight is 362 g/mol. The molecule has 2 bridgehead atoms. The van der Waals surface area contributed by atoms with E-state index < -0.39 is 6.10 Å². The Labute approximate surface area is 157 Å². The molecule has 1 saturated carbocycles. The molecular weight excluding hydrogens is 326 g/mol. The van der Waals surface area contributed by atoms with Crippen molar-refractivity contribution in [2.75, 3.05) is 26.3 Å². The number of allylic oxidation sites excluding steroid dienone is 1. The second-order valence-corrected chi connectivity index (χ2v) is 8.70. The van der Waals surface area contributed by atoms with Crippen molar-refractivity contribution in [2.24, 2.45) is 17.3 Å². The zero-order valence-corrected chi connectivity index (χ0v) is 16.8. The smallest absolute Gasteiger partial charge is 0.0897 e. The van der Waals surface area contributed by atoms with E-state index >= 15 is 0 Å². The number of rotatable bonds is 10. The molecule has 2 N–H and O–H groups in total. The summed E-state index contributed by atoms with van der Waals surface area (Å²) in [5.41, 5.74) is 4.16. The van der Waals surface area contributed by atoms with Crippen LogP contribution in [0.25, 0.3) is 0 Å². The van der Waals surface area contributed by atoms with Crippen molar-refractivity contribution >= 4 is 0 Å². The quantitative estimate of drug-likeness (QED) is 0.497. The second kappa shape index (κ2) is 8.24. The fourth-order valence-electron chi connectivity index (χ4n) is 4.54. The molecule has 5 heteroatoms. The van der Waals surface area contributed by atoms with Gasteiger partial charge in [-0.25, -0.2) is 0 Å². The van der Waals surface area contributed by atoms with E-state index in [1.165, 1.54) is 24.1 Å². The van der Waals surface area contributed by atoms with Crippen molar-refractivity contribution in [1.29, 1.82) is 0 Å². The van der Waals surface area contributed by atoms with E-state index in [9.17, 15) is 5.11 Å². The summed E-state index contributed by atoms with van der Waals surface area (Å²) in [5, 5.41) is 17.9. The van der Waals surface area contributed by atoms with Crippen molar-refractivity contribution in [3.63, 3.8) is 0 Å². The normalized spacial score (nSPS) is 24.9. The van der Waals surface area contributed by atoms with Crippen LogP contribution in [0.1, 0.15) is 44.5 Å². The molecule has 0 spiro atoms. The van der Waals surface area contributed by atoms with Gasteiger partial charge in [-0.1, -0.05) is 19.9 Å². The van der Waals surface area contributed by atoms with Gasteiger partial charge in [0.05, 0.1) is 25.0 Å². The van der Waals surface area contributed by atoms with Crippen molar-refractivity contribution in [3.8, 4) is 0 Å². The zero-order chi connectivity index (χ0) is 18.7. The summed E-state index contributed by atoms with van der Waals surface area (Å²) in [7, 11) is 0. The minimum Gasteiger partial charge on any atom is -0.389 e. The van der Waals surface area contributed by atoms with E-state index in [0.29, 0.717) is 31.1 Å². The van der Waals surface area contributed by atoms with E-state index in [4.69, 9.17) is 4.74 Å². The van der Waals surface area contributed by atoms with Crippen LogP contribution in [-0.2, 0) is 11.3 Å². The molecule has 3 aliphatic rings. The highest BCUT2D eigenvalue weighted by molar-refractivity contribution is 5.23. The Morgan fingerprint density at radius 2 is 2.23 bits per heavy atom. The number of aliphatic hydroxyl groups is 1. The molecule has 5 nitrogen and oxygen atoms in total. The molecule has 0 amide bonds. The number of nitrogens with one attached hydrogen (secondary N) is 1. The largest absolute Gasteiger partial charge is 0.389 e. The molecule has 26 heavy (non-hydrogen) atoms. The lowest BCUT2D eigenvalue weighted by Gasteiger charge is -2.56. The predicted octanol–water partition coefficient (Wildman–Crippen LogP) is 2.85. The topological polar surface area (TPSA) is 59.3 Å². The Kier molecular flexibility index (Phi) is 6.21. The van der Waals surface area contributed by atoms with Gasteiger partial charge in [-0.2, -0.15) is 5.10 Å². The Bertz CT molecular complexity index is 635. The molecule has 0 aromatic carbocycles. The number of nitrogens with zero attached hydrogens (tertiary/aromatic N) is 2. The number of aryl methyl sites for hydroxylation is 3. The first-order valence-electron chi connectivity index (χ1n) is 10.0. The van der Waals surface area contributed by atoms with Crippen molar-refractivity contribution in [2.45, 2.75) is 59.6 Å². The van der Waals surface area contributed by atoms with Gasteiger partial charge in [0.15, 0.2) is 0 Å². The fraction of sp³-hybridized carbons (Fsp3) is 0.762. The Balaban J connectivity index is 1.25. The maximum Gasteiger partial charge on any atom is 0.0897 e. The molecule has 0 radical (unpaired) electrons. The summed E-state index contributed by atoms with van der Waals surface area (Å²) in [5.74, 6) is 1.55. The minimum absolute atomic E-state index is 0.401. The molecule has 0 saturated heterocycles. The van der Waals surface area contributed by atoms with E-state index in [1.807, 2.05) is 11.6 Å². The standard InChI is InChI=1S/C21H35N3O2/c1-15-10-16(2)24(23-15)9-5-8-22-12-19(25)14-26-13-17-6-7-18-11-20(17)21(18,3)4/h6,10,18-20,22,25H,5,7-9,11-14H2,1-4H3/t18-,19+,20-/m1/s1. The molecule has 0 unspecified atom stereocenters. The molecular formula is C21H35N3O2. The first-order valence-corrected chi connectivity index (χ1v) is 10.0. The third kappa shape index (κ3) is 4.38. The van der Waals surface area contributed by atoms with Crippen LogP contribution < -0.4 is 5.32 Å². The van der Waals surface area contributed by atoms with Crippen LogP contribution in [0.2, 0.25) is 0 Å². The van der Waals surface area contributed by atoms with Gasteiger partial charge in [0.25, 0.3) is 0 Å². The molecule has 4 rings (SSSR count). The summed E-state index contributed by atoms with van der Waals surface area (Å²) in [6, 6.07) is 2.10. The number of aromatic nitrogens is 2. The van der Waals surface area contributed by atoms with Gasteiger partial charge < -0.3 is 15.2 Å². The highest BCUT2D eigenvalue weighted by Crippen LogP contribution is 2.59. The lowest BCUT2D eigenvalue weighted by molar-refractivity contribution is -0.0235. The molecule has 1 aromatic heterocycles. The number of aliphatic hydroxyl groups excluding tert-OH is 1. The van der Waals surface area contributed by atoms with Gasteiger partial charge in [0, 0.05) is 18.8 Å². The van der Waals surface area contributed by atoms with Crippen LogP contribution in [0.4, 0.5) is 0 Å². The summed E-state index contributed by atoms with van der Waals surface area (Å²) in [6.07, 6.45) is 5.44. The van der Waals surface area contributed by atoms with Crippen LogP contribution >= 0.6 is 0 Å². The highest BCUT2D eigenvalue weighted by Gasteiger charge is 2.50. The van der Waals surface area contributed by atoms with Crippen LogP contribution in [0.3, 0.4) is 0 Å². The lowest BCUT2D eigenvalue weighted by atomic mass is 9.49. The Morgan fingerprint density at radius 3 is 2.88 bits per heavy atom. The van der Waals surface area contributed by atoms with E-state index in [0.717, 1.165) is 31.1 Å². The first-order chi connectivity index (χ1) is 12.4. The van der Waals surface area contributed by atoms with E-state index in [2.05, 4.69) is 43.3 Å². The second-order valence-electron chi connectivity index (χ2n) is 8.70. The van der Waals surface area contributed by atoms with E-state index in [-0.39, 0.29) is 0 Å². The number of hydrogen-bond donors (Lipinski definition) is 2. The maximum atomic E-state index is 10.1. The van der Waals surface area contributed by atoms with Crippen molar-refractivity contribution in [1.82, 2.24) is 15.1 Å². The van der Waals surface area contributed by atoms with Crippen LogP contribution in [0, 0.1) is 31.1 Å². The Morgan fingerprint density at radius 1 is 1.42 bits per heavy atom. The molecule has 3 aliphatic carbocycles. The van der Waals surface area contributed by atoms with Gasteiger partial charge in [0.2, 0.25) is 0 Å². The number of ether oxygens (including phenoxy) is 1. The third-order valence-electron chi connectivity index (χ3n) is 6.37. The molecule has 1 aromatic rings. The highest BCUT2D eigenvalue weighted by atomic mass is 16.5. The SMILES string of the molecule is Cc1cc(C)n(CCCNC[C@H](O)COCC2=CC[C@@H]3C[C@H]2C3(C)C)n1. The summed E-state index contributed by atoms with van der Waals surface area (Å²) in [4.78, 5) is 0. The first kappa shape index (κ1) is 19.6. The number of hydrogen-bond acceptors (Lipinski definition) is 4. The molecule has 1 heterocycles. The van der Waals surface area contributed by atoms with Gasteiger partial charge in [-0.05, 0) is 68.5 Å². The molecule has 1 fully saturated rings. The maximum absolute atomic E-state index is 10.1. The lowest BCUT2D eigenvalue weighted by Crippen LogP contribution is -2.48. The van der Waals surface area contributed by atoms with Crippen molar-refractivity contribution in [3.05, 3.63) is 29.1 Å². The van der Waals surface area contributed by atoms with E-state index in [1.54, 1.807) is 0 Å². The summed E-state index contributed by atoms with van der Waals surface area (Å²) in [6.45, 7) is 12.3. The monoisotopic (exact) mass is 361 g/mol. The predicted molar refractivity (Wildman–Crippen MR) is 104 cm³/mol. The number of fused-ring (bicyclic) bond motifs is 1. The van der Waals surface area contributed by atoms with Crippen molar-refractivity contribution < 1.29 is 9.84 Å².